The third-order valence-corrected chi connectivity index (χ3v) is 3.03. The van der Waals surface area contributed by atoms with Gasteiger partial charge < -0.3 is 5.11 Å². The largest absolute Gasteiger partial charge is 0.478 e. The van der Waals surface area contributed by atoms with Crippen LogP contribution in [-0.4, -0.2) is 11.1 Å². The van der Waals surface area contributed by atoms with E-state index < -0.39 is 5.97 Å². The van der Waals surface area contributed by atoms with Gasteiger partial charge in [0.05, 0.1) is 0 Å². The van der Waals surface area contributed by atoms with E-state index in [1.165, 1.54) is 11.1 Å². The lowest BCUT2D eigenvalue weighted by molar-refractivity contribution is -0.132. The molecule has 0 saturated carbocycles. The molecule has 0 radical (unpaired) electrons. The minimum Gasteiger partial charge on any atom is -0.478 e. The average Bonchev–Trinajstić information content (AvgIpc) is 2.29. The van der Waals surface area contributed by atoms with Crippen LogP contribution in [0, 0.1) is 6.92 Å². The third-order valence-electron chi connectivity index (χ3n) is 3.03. The molecular formula is C15H20O2. The van der Waals surface area contributed by atoms with Crippen molar-refractivity contribution in [1.29, 1.82) is 0 Å². The Kier molecular flexibility index (Phi) is 4.95. The highest BCUT2D eigenvalue weighted by Crippen LogP contribution is 2.21. The molecule has 0 saturated heterocycles. The number of carbonyl (C=O) groups is 1. The molecule has 0 bridgehead atoms. The number of carboxylic acid groups (broad SMARTS) is 1. The quantitative estimate of drug-likeness (QED) is 0.781. The van der Waals surface area contributed by atoms with E-state index in [2.05, 4.69) is 38.1 Å². The average molecular weight is 232 g/mol. The van der Waals surface area contributed by atoms with Crippen LogP contribution in [0.25, 0.3) is 0 Å². The van der Waals surface area contributed by atoms with E-state index in [1.807, 2.05) is 0 Å². The zero-order chi connectivity index (χ0) is 12.8. The second-order valence-electron chi connectivity index (χ2n) is 4.58. The van der Waals surface area contributed by atoms with E-state index in [1.54, 1.807) is 13.0 Å². The van der Waals surface area contributed by atoms with Gasteiger partial charge in [0.1, 0.15) is 0 Å². The predicted molar refractivity (Wildman–Crippen MR) is 70.2 cm³/mol. The van der Waals surface area contributed by atoms with E-state index in [0.717, 1.165) is 12.8 Å². The summed E-state index contributed by atoms with van der Waals surface area (Å²) in [7, 11) is 0. The summed E-state index contributed by atoms with van der Waals surface area (Å²) < 4.78 is 0. The van der Waals surface area contributed by atoms with Gasteiger partial charge >= 0.3 is 5.97 Å². The highest BCUT2D eigenvalue weighted by Gasteiger charge is 2.05. The molecule has 0 aromatic heterocycles. The summed E-state index contributed by atoms with van der Waals surface area (Å²) in [4.78, 5) is 10.6. The summed E-state index contributed by atoms with van der Waals surface area (Å²) >= 11 is 0. The maximum Gasteiger partial charge on any atom is 0.330 e. The molecule has 0 amide bonds. The first kappa shape index (κ1) is 13.5. The summed E-state index contributed by atoms with van der Waals surface area (Å²) in [5, 5.41) is 8.73. The van der Waals surface area contributed by atoms with Gasteiger partial charge in [-0.3, -0.25) is 0 Å². The van der Waals surface area contributed by atoms with Crippen molar-refractivity contribution < 1.29 is 9.90 Å². The molecular weight excluding hydrogens is 212 g/mol. The first-order chi connectivity index (χ1) is 8.00. The molecule has 92 valence electrons. The van der Waals surface area contributed by atoms with Crippen LogP contribution in [0.4, 0.5) is 0 Å². The summed E-state index contributed by atoms with van der Waals surface area (Å²) in [5.74, 6) is -0.360. The summed E-state index contributed by atoms with van der Waals surface area (Å²) in [5.41, 5.74) is 3.01. The maximum absolute atomic E-state index is 10.6. The first-order valence-corrected chi connectivity index (χ1v) is 5.97. The van der Waals surface area contributed by atoms with Crippen LogP contribution in [0.1, 0.15) is 43.7 Å². The van der Waals surface area contributed by atoms with Gasteiger partial charge in [-0.05, 0) is 38.2 Å². The van der Waals surface area contributed by atoms with Crippen molar-refractivity contribution in [3.05, 3.63) is 47.0 Å². The summed E-state index contributed by atoms with van der Waals surface area (Å²) in [6, 6.07) is 8.52. The maximum atomic E-state index is 10.6. The number of allylic oxidation sites excluding steroid dienone is 1. The molecule has 1 N–H and O–H groups in total. The zero-order valence-corrected chi connectivity index (χ0v) is 10.7. The van der Waals surface area contributed by atoms with Crippen molar-refractivity contribution in [3.8, 4) is 0 Å². The minimum atomic E-state index is -0.826. The SMILES string of the molecule is C/C(=C\CC[C@H](C)c1ccc(C)cc1)C(=O)O. The zero-order valence-electron chi connectivity index (χ0n) is 10.7. The molecule has 1 atom stereocenters. The lowest BCUT2D eigenvalue weighted by atomic mass is 9.95. The Bertz CT molecular complexity index is 401. The Hall–Kier alpha value is -1.57. The molecule has 1 rings (SSSR count). The smallest absolute Gasteiger partial charge is 0.330 e. The molecule has 1 aromatic carbocycles. The normalized spacial score (nSPS) is 13.5. The van der Waals surface area contributed by atoms with Crippen LogP contribution in [0.2, 0.25) is 0 Å². The summed E-state index contributed by atoms with van der Waals surface area (Å²) in [6.07, 6.45) is 3.59. The number of hydrogen-bond donors (Lipinski definition) is 1. The van der Waals surface area contributed by atoms with Crippen molar-refractivity contribution >= 4 is 5.97 Å². The molecule has 2 heteroatoms. The number of aliphatic carboxylic acids is 1. The third kappa shape index (κ3) is 4.43. The fraction of sp³-hybridized carbons (Fsp3) is 0.400. The van der Waals surface area contributed by atoms with Crippen molar-refractivity contribution in [2.24, 2.45) is 0 Å². The minimum absolute atomic E-state index is 0.432. The van der Waals surface area contributed by atoms with E-state index in [4.69, 9.17) is 5.11 Å². The Morgan fingerprint density at radius 2 is 1.94 bits per heavy atom. The van der Waals surface area contributed by atoms with Crippen LogP contribution in [0.5, 0.6) is 0 Å². The van der Waals surface area contributed by atoms with Gasteiger partial charge in [0.25, 0.3) is 0 Å². The van der Waals surface area contributed by atoms with Gasteiger partial charge in [0.15, 0.2) is 0 Å². The molecule has 1 aromatic rings. The monoisotopic (exact) mass is 232 g/mol. The fourth-order valence-corrected chi connectivity index (χ4v) is 1.70. The number of benzene rings is 1. The molecule has 2 nitrogen and oxygen atoms in total. The van der Waals surface area contributed by atoms with Gasteiger partial charge in [0, 0.05) is 5.57 Å². The van der Waals surface area contributed by atoms with Gasteiger partial charge in [-0.15, -0.1) is 0 Å². The van der Waals surface area contributed by atoms with Crippen LogP contribution >= 0.6 is 0 Å². The first-order valence-electron chi connectivity index (χ1n) is 5.97. The van der Waals surface area contributed by atoms with Gasteiger partial charge in [-0.1, -0.05) is 42.8 Å². The highest BCUT2D eigenvalue weighted by molar-refractivity contribution is 5.85. The molecule has 0 spiro atoms. The van der Waals surface area contributed by atoms with E-state index >= 15 is 0 Å². The highest BCUT2D eigenvalue weighted by atomic mass is 16.4. The topological polar surface area (TPSA) is 37.3 Å². The van der Waals surface area contributed by atoms with Crippen molar-refractivity contribution in [2.45, 2.75) is 39.5 Å². The lowest BCUT2D eigenvalue weighted by Gasteiger charge is -2.10. The van der Waals surface area contributed by atoms with Gasteiger partial charge in [-0.25, -0.2) is 4.79 Å². The summed E-state index contributed by atoms with van der Waals surface area (Å²) in [6.45, 7) is 5.89. The molecule has 0 heterocycles. The van der Waals surface area contributed by atoms with Gasteiger partial charge in [0.2, 0.25) is 0 Å². The number of aryl methyl sites for hydroxylation is 1. The van der Waals surface area contributed by atoms with Crippen LogP contribution in [0.3, 0.4) is 0 Å². The number of rotatable bonds is 5. The Morgan fingerprint density at radius 3 is 2.47 bits per heavy atom. The van der Waals surface area contributed by atoms with Crippen molar-refractivity contribution in [3.63, 3.8) is 0 Å². The van der Waals surface area contributed by atoms with E-state index in [9.17, 15) is 4.79 Å². The predicted octanol–water partition coefficient (Wildman–Crippen LogP) is 3.91. The lowest BCUT2D eigenvalue weighted by Crippen LogP contribution is -1.97. The molecule has 0 aliphatic carbocycles. The van der Waals surface area contributed by atoms with Crippen molar-refractivity contribution in [1.82, 2.24) is 0 Å². The second kappa shape index (κ2) is 6.24. The molecule has 0 aliphatic rings. The van der Waals surface area contributed by atoms with E-state index in [0.29, 0.717) is 11.5 Å². The molecule has 0 aliphatic heterocycles. The molecule has 17 heavy (non-hydrogen) atoms. The Labute approximate surface area is 103 Å². The molecule has 0 unspecified atom stereocenters. The fourth-order valence-electron chi connectivity index (χ4n) is 1.70. The number of carboxylic acids is 1. The van der Waals surface area contributed by atoms with Crippen LogP contribution < -0.4 is 0 Å². The van der Waals surface area contributed by atoms with Gasteiger partial charge in [-0.2, -0.15) is 0 Å². The Balaban J connectivity index is 2.50. The molecule has 0 fully saturated rings. The second-order valence-corrected chi connectivity index (χ2v) is 4.58. The standard InChI is InChI=1S/C15H20O2/c1-11-7-9-14(10-8-11)12(2)5-4-6-13(3)15(16)17/h6-10,12H,4-5H2,1-3H3,(H,16,17)/b13-6+/t12-/m0/s1. The van der Waals surface area contributed by atoms with Crippen LogP contribution in [-0.2, 0) is 4.79 Å². The van der Waals surface area contributed by atoms with Crippen molar-refractivity contribution in [2.75, 3.05) is 0 Å². The Morgan fingerprint density at radius 1 is 1.35 bits per heavy atom. The van der Waals surface area contributed by atoms with Crippen LogP contribution in [0.15, 0.2) is 35.9 Å². The number of hydrogen-bond acceptors (Lipinski definition) is 1. The van der Waals surface area contributed by atoms with E-state index in [-0.39, 0.29) is 0 Å².